The summed E-state index contributed by atoms with van der Waals surface area (Å²) in [4.78, 5) is 0. The Morgan fingerprint density at radius 3 is 2.53 bits per heavy atom. The Hall–Kier alpha value is -1.06. The van der Waals surface area contributed by atoms with Crippen molar-refractivity contribution < 1.29 is 0 Å². The number of benzene rings is 1. The lowest BCUT2D eigenvalue weighted by Crippen LogP contribution is -2.04. The Kier molecular flexibility index (Phi) is 4.02. The van der Waals surface area contributed by atoms with Gasteiger partial charge in [-0.2, -0.15) is 15.4 Å². The van der Waals surface area contributed by atoms with Crippen LogP contribution < -0.4 is 0 Å². The number of nitrogens with zero attached hydrogens (tertiary/aromatic N) is 2. The molecule has 1 aromatic heterocycles. The van der Waals surface area contributed by atoms with Crippen molar-refractivity contribution in [1.82, 2.24) is 15.4 Å². The molecule has 1 aromatic carbocycles. The van der Waals surface area contributed by atoms with E-state index in [1.807, 2.05) is 18.2 Å². The van der Waals surface area contributed by atoms with E-state index >= 15 is 0 Å². The summed E-state index contributed by atoms with van der Waals surface area (Å²) < 4.78 is 0. The van der Waals surface area contributed by atoms with E-state index in [-0.39, 0.29) is 5.92 Å². The largest absolute Gasteiger partial charge is 0.198 e. The smallest absolute Gasteiger partial charge is 0.0830 e. The highest BCUT2D eigenvalue weighted by Gasteiger charge is 2.17. The third-order valence-corrected chi connectivity index (χ3v) is 3.48. The minimum atomic E-state index is 0.265. The van der Waals surface area contributed by atoms with Gasteiger partial charge in [0, 0.05) is 16.5 Å². The minimum Gasteiger partial charge on any atom is -0.198 e. The molecule has 0 aliphatic rings. The highest BCUT2D eigenvalue weighted by molar-refractivity contribution is 6.36. The van der Waals surface area contributed by atoms with Gasteiger partial charge in [-0.25, -0.2) is 0 Å². The second-order valence-corrected chi connectivity index (χ2v) is 4.72. The predicted molar refractivity (Wildman–Crippen MR) is 69.6 cm³/mol. The minimum absolute atomic E-state index is 0.265. The maximum Gasteiger partial charge on any atom is 0.0830 e. The summed E-state index contributed by atoms with van der Waals surface area (Å²) in [5.41, 5.74) is 1.93. The standard InChI is InChI=1S/C12H13Cl2N3/c1-2-8(6-9-7-15-17-16-9)12-10(13)4-3-5-11(12)14/h3-5,7-8H,2,6H2,1H3,(H,15,16,17). The zero-order chi connectivity index (χ0) is 12.3. The van der Waals surface area contributed by atoms with Crippen LogP contribution in [-0.4, -0.2) is 15.4 Å². The average Bonchev–Trinajstić information content (AvgIpc) is 2.80. The molecule has 1 heterocycles. The molecular formula is C12H13Cl2N3. The average molecular weight is 270 g/mol. The van der Waals surface area contributed by atoms with E-state index in [0.717, 1.165) is 24.1 Å². The quantitative estimate of drug-likeness (QED) is 0.916. The summed E-state index contributed by atoms with van der Waals surface area (Å²) >= 11 is 12.4. The Bertz CT molecular complexity index is 462. The fourth-order valence-electron chi connectivity index (χ4n) is 1.93. The van der Waals surface area contributed by atoms with E-state index in [1.54, 1.807) is 6.20 Å². The van der Waals surface area contributed by atoms with Gasteiger partial charge in [0.2, 0.25) is 0 Å². The summed E-state index contributed by atoms with van der Waals surface area (Å²) in [6, 6.07) is 5.60. The molecule has 0 fully saturated rings. The van der Waals surface area contributed by atoms with Crippen molar-refractivity contribution in [1.29, 1.82) is 0 Å². The predicted octanol–water partition coefficient (Wildman–Crippen LogP) is 3.85. The molecule has 0 aliphatic carbocycles. The molecule has 3 nitrogen and oxygen atoms in total. The second-order valence-electron chi connectivity index (χ2n) is 3.91. The van der Waals surface area contributed by atoms with Crippen molar-refractivity contribution in [3.05, 3.63) is 45.7 Å². The normalized spacial score (nSPS) is 12.6. The van der Waals surface area contributed by atoms with Crippen LogP contribution in [-0.2, 0) is 6.42 Å². The fraction of sp³-hybridized carbons (Fsp3) is 0.333. The van der Waals surface area contributed by atoms with Crippen molar-refractivity contribution in [2.24, 2.45) is 0 Å². The van der Waals surface area contributed by atoms with Crippen LogP contribution in [0.5, 0.6) is 0 Å². The van der Waals surface area contributed by atoms with Crippen LogP contribution in [0.15, 0.2) is 24.4 Å². The van der Waals surface area contributed by atoms with Crippen LogP contribution in [0.1, 0.15) is 30.5 Å². The van der Waals surface area contributed by atoms with Crippen molar-refractivity contribution in [2.75, 3.05) is 0 Å². The molecule has 0 saturated heterocycles. The van der Waals surface area contributed by atoms with Gasteiger partial charge >= 0.3 is 0 Å². The molecule has 5 heteroatoms. The molecule has 0 bridgehead atoms. The van der Waals surface area contributed by atoms with Crippen LogP contribution >= 0.6 is 23.2 Å². The van der Waals surface area contributed by atoms with Gasteiger partial charge in [0.25, 0.3) is 0 Å². The second kappa shape index (κ2) is 5.52. The van der Waals surface area contributed by atoms with E-state index in [1.165, 1.54) is 0 Å². The molecule has 2 aromatic rings. The van der Waals surface area contributed by atoms with E-state index in [4.69, 9.17) is 23.2 Å². The Morgan fingerprint density at radius 1 is 1.29 bits per heavy atom. The van der Waals surface area contributed by atoms with Crippen LogP contribution in [0.2, 0.25) is 10.0 Å². The first-order valence-corrected chi connectivity index (χ1v) is 6.26. The third-order valence-electron chi connectivity index (χ3n) is 2.82. The number of rotatable bonds is 4. The molecular weight excluding hydrogens is 257 g/mol. The molecule has 0 amide bonds. The van der Waals surface area contributed by atoms with Crippen LogP contribution in [0, 0.1) is 0 Å². The molecule has 0 radical (unpaired) electrons. The van der Waals surface area contributed by atoms with Crippen molar-refractivity contribution in [3.63, 3.8) is 0 Å². The van der Waals surface area contributed by atoms with E-state index in [9.17, 15) is 0 Å². The monoisotopic (exact) mass is 269 g/mol. The number of hydrogen-bond donors (Lipinski definition) is 1. The van der Waals surface area contributed by atoms with Gasteiger partial charge in [-0.05, 0) is 30.0 Å². The summed E-state index contributed by atoms with van der Waals surface area (Å²) in [7, 11) is 0. The summed E-state index contributed by atoms with van der Waals surface area (Å²) in [6.45, 7) is 2.12. The highest BCUT2D eigenvalue weighted by Crippen LogP contribution is 2.34. The van der Waals surface area contributed by atoms with Crippen LogP contribution in [0.25, 0.3) is 0 Å². The number of H-pyrrole nitrogens is 1. The molecule has 90 valence electrons. The van der Waals surface area contributed by atoms with Gasteiger partial charge in [0.05, 0.1) is 11.9 Å². The molecule has 0 saturated carbocycles. The molecule has 17 heavy (non-hydrogen) atoms. The first-order chi connectivity index (χ1) is 8.22. The molecule has 1 N–H and O–H groups in total. The molecule has 1 atom stereocenters. The highest BCUT2D eigenvalue weighted by atomic mass is 35.5. The number of aromatic amines is 1. The SMILES string of the molecule is CCC(Cc1cn[nH]n1)c1c(Cl)cccc1Cl. The Morgan fingerprint density at radius 2 is 2.00 bits per heavy atom. The lowest BCUT2D eigenvalue weighted by molar-refractivity contribution is 0.648. The lowest BCUT2D eigenvalue weighted by atomic mass is 9.92. The summed E-state index contributed by atoms with van der Waals surface area (Å²) in [5, 5.41) is 11.9. The lowest BCUT2D eigenvalue weighted by Gasteiger charge is -2.17. The van der Waals surface area contributed by atoms with Crippen molar-refractivity contribution in [2.45, 2.75) is 25.7 Å². The first kappa shape index (κ1) is 12.4. The number of halogens is 2. The molecule has 0 aliphatic heterocycles. The number of aromatic nitrogens is 3. The topological polar surface area (TPSA) is 41.6 Å². The third kappa shape index (κ3) is 2.79. The van der Waals surface area contributed by atoms with Gasteiger partial charge in [0.15, 0.2) is 0 Å². The van der Waals surface area contributed by atoms with Gasteiger partial charge in [0.1, 0.15) is 0 Å². The molecule has 2 rings (SSSR count). The van der Waals surface area contributed by atoms with Crippen molar-refractivity contribution in [3.8, 4) is 0 Å². The summed E-state index contributed by atoms with van der Waals surface area (Å²) in [6.07, 6.45) is 3.47. The maximum absolute atomic E-state index is 6.21. The Labute approximate surface area is 110 Å². The van der Waals surface area contributed by atoms with Crippen LogP contribution in [0.4, 0.5) is 0 Å². The van der Waals surface area contributed by atoms with E-state index in [2.05, 4.69) is 22.3 Å². The molecule has 0 spiro atoms. The summed E-state index contributed by atoms with van der Waals surface area (Å²) in [5.74, 6) is 0.265. The van der Waals surface area contributed by atoms with Gasteiger partial charge in [-0.3, -0.25) is 0 Å². The van der Waals surface area contributed by atoms with Gasteiger partial charge in [-0.1, -0.05) is 36.2 Å². The van der Waals surface area contributed by atoms with Gasteiger partial charge in [-0.15, -0.1) is 0 Å². The first-order valence-electron chi connectivity index (χ1n) is 5.51. The molecule has 1 unspecified atom stereocenters. The number of hydrogen-bond acceptors (Lipinski definition) is 2. The van der Waals surface area contributed by atoms with E-state index < -0.39 is 0 Å². The van der Waals surface area contributed by atoms with Gasteiger partial charge < -0.3 is 0 Å². The maximum atomic E-state index is 6.21. The van der Waals surface area contributed by atoms with E-state index in [0.29, 0.717) is 10.0 Å². The zero-order valence-electron chi connectivity index (χ0n) is 9.45. The zero-order valence-corrected chi connectivity index (χ0v) is 11.0. The Balaban J connectivity index is 2.29. The fourth-order valence-corrected chi connectivity index (χ4v) is 2.63. The van der Waals surface area contributed by atoms with Crippen LogP contribution in [0.3, 0.4) is 0 Å². The van der Waals surface area contributed by atoms with Crippen molar-refractivity contribution >= 4 is 23.2 Å². The number of nitrogens with one attached hydrogen (secondary N) is 1.